The molecule has 5 heteroatoms. The second-order valence-corrected chi connectivity index (χ2v) is 5.56. The van der Waals surface area contributed by atoms with E-state index in [9.17, 15) is 4.39 Å². The number of halogens is 2. The molecule has 18 heavy (non-hydrogen) atoms. The molecule has 1 fully saturated rings. The molecule has 0 aliphatic carbocycles. The Balaban J connectivity index is 2.07. The van der Waals surface area contributed by atoms with Gasteiger partial charge in [0.05, 0.1) is 4.99 Å². The predicted molar refractivity (Wildman–Crippen MR) is 76.2 cm³/mol. The van der Waals surface area contributed by atoms with Crippen LogP contribution in [0.5, 0.6) is 0 Å². The Morgan fingerprint density at radius 2 is 2.33 bits per heavy atom. The fraction of sp³-hybridized carbons (Fsp3) is 0.462. The number of rotatable bonds is 3. The van der Waals surface area contributed by atoms with Crippen LogP contribution < -0.4 is 5.73 Å². The molecule has 1 aromatic carbocycles. The number of likely N-dealkylation sites (tertiary alicyclic amines) is 1. The van der Waals surface area contributed by atoms with Crippen molar-refractivity contribution in [2.45, 2.75) is 19.4 Å². The zero-order valence-electron chi connectivity index (χ0n) is 10.0. The van der Waals surface area contributed by atoms with Crippen LogP contribution >= 0.6 is 23.8 Å². The highest BCUT2D eigenvalue weighted by atomic mass is 35.5. The minimum absolute atomic E-state index is 0.235. The first-order valence-electron chi connectivity index (χ1n) is 6.02. The fourth-order valence-corrected chi connectivity index (χ4v) is 2.75. The molecule has 0 spiro atoms. The molecule has 2 nitrogen and oxygen atoms in total. The van der Waals surface area contributed by atoms with E-state index >= 15 is 0 Å². The Morgan fingerprint density at radius 3 is 3.00 bits per heavy atom. The Hall–Kier alpha value is -0.710. The summed E-state index contributed by atoms with van der Waals surface area (Å²) in [5.41, 5.74) is 6.25. The standard InChI is InChI=1S/C13H16ClFN2S/c14-11-4-1-5-12(15)10(11)8-17-6-2-3-9(7-17)13(16)18/h1,4-5,9H,2-3,6-8H2,(H2,16,18). The highest BCUT2D eigenvalue weighted by Crippen LogP contribution is 2.24. The van der Waals surface area contributed by atoms with Gasteiger partial charge >= 0.3 is 0 Å². The maximum atomic E-state index is 13.7. The molecule has 0 amide bonds. The minimum atomic E-state index is -0.250. The largest absolute Gasteiger partial charge is 0.393 e. The Morgan fingerprint density at radius 1 is 1.56 bits per heavy atom. The van der Waals surface area contributed by atoms with E-state index in [-0.39, 0.29) is 11.7 Å². The van der Waals surface area contributed by atoms with Gasteiger partial charge in [-0.05, 0) is 31.5 Å². The van der Waals surface area contributed by atoms with Crippen LogP contribution in [0.4, 0.5) is 4.39 Å². The van der Waals surface area contributed by atoms with Crippen molar-refractivity contribution in [1.82, 2.24) is 4.90 Å². The van der Waals surface area contributed by atoms with Gasteiger partial charge in [0, 0.05) is 29.6 Å². The summed E-state index contributed by atoms with van der Waals surface area (Å²) in [6.07, 6.45) is 2.06. The van der Waals surface area contributed by atoms with Crippen LogP contribution in [0.1, 0.15) is 18.4 Å². The summed E-state index contributed by atoms with van der Waals surface area (Å²) in [5, 5.41) is 0.479. The van der Waals surface area contributed by atoms with Gasteiger partial charge < -0.3 is 5.73 Å². The highest BCUT2D eigenvalue weighted by Gasteiger charge is 2.23. The molecule has 1 saturated heterocycles. The van der Waals surface area contributed by atoms with Crippen LogP contribution in [-0.2, 0) is 6.54 Å². The van der Waals surface area contributed by atoms with Crippen LogP contribution in [-0.4, -0.2) is 23.0 Å². The van der Waals surface area contributed by atoms with Crippen LogP contribution in [0.2, 0.25) is 5.02 Å². The minimum Gasteiger partial charge on any atom is -0.393 e. The number of piperidine rings is 1. The molecule has 1 aliphatic rings. The molecular formula is C13H16ClFN2S. The molecule has 0 aromatic heterocycles. The van der Waals surface area contributed by atoms with E-state index in [1.807, 2.05) is 0 Å². The number of benzene rings is 1. The molecule has 2 rings (SSSR count). The molecule has 1 heterocycles. The molecule has 0 bridgehead atoms. The second kappa shape index (κ2) is 5.95. The summed E-state index contributed by atoms with van der Waals surface area (Å²) in [4.78, 5) is 2.72. The van der Waals surface area contributed by atoms with Gasteiger partial charge in [-0.25, -0.2) is 4.39 Å². The van der Waals surface area contributed by atoms with E-state index in [0.29, 0.717) is 22.1 Å². The normalized spacial score (nSPS) is 20.9. The molecule has 1 aromatic rings. The summed E-state index contributed by atoms with van der Waals surface area (Å²) < 4.78 is 13.7. The van der Waals surface area contributed by atoms with E-state index < -0.39 is 0 Å². The average Bonchev–Trinajstić information content (AvgIpc) is 2.34. The summed E-state index contributed by atoms with van der Waals surface area (Å²) in [5.74, 6) is -0.0146. The number of nitrogens with zero attached hydrogens (tertiary/aromatic N) is 1. The van der Waals surface area contributed by atoms with Crippen LogP contribution in [0.25, 0.3) is 0 Å². The van der Waals surface area contributed by atoms with Gasteiger partial charge in [0.1, 0.15) is 5.82 Å². The molecular weight excluding hydrogens is 271 g/mol. The summed E-state index contributed by atoms with van der Waals surface area (Å²) in [6, 6.07) is 4.78. The molecule has 1 aliphatic heterocycles. The molecule has 1 atom stereocenters. The van der Waals surface area contributed by atoms with Crippen molar-refractivity contribution in [3.05, 3.63) is 34.6 Å². The van der Waals surface area contributed by atoms with Crippen LogP contribution in [0.15, 0.2) is 18.2 Å². The lowest BCUT2D eigenvalue weighted by molar-refractivity contribution is 0.195. The lowest BCUT2D eigenvalue weighted by Gasteiger charge is -2.32. The maximum absolute atomic E-state index is 13.7. The smallest absolute Gasteiger partial charge is 0.129 e. The molecule has 98 valence electrons. The number of nitrogens with two attached hydrogens (primary N) is 1. The molecule has 0 radical (unpaired) electrons. The van der Waals surface area contributed by atoms with Crippen LogP contribution in [0.3, 0.4) is 0 Å². The van der Waals surface area contributed by atoms with Crippen molar-refractivity contribution in [2.75, 3.05) is 13.1 Å². The van der Waals surface area contributed by atoms with Crippen molar-refractivity contribution < 1.29 is 4.39 Å². The van der Waals surface area contributed by atoms with Crippen molar-refractivity contribution >= 4 is 28.8 Å². The van der Waals surface area contributed by atoms with E-state index in [2.05, 4.69) is 4.90 Å². The van der Waals surface area contributed by atoms with Crippen molar-refractivity contribution in [3.8, 4) is 0 Å². The quantitative estimate of drug-likeness (QED) is 0.866. The van der Waals surface area contributed by atoms with Gasteiger partial charge in [-0.15, -0.1) is 0 Å². The Labute approximate surface area is 117 Å². The van der Waals surface area contributed by atoms with Gasteiger partial charge in [0.15, 0.2) is 0 Å². The number of hydrogen-bond donors (Lipinski definition) is 1. The molecule has 0 saturated carbocycles. The maximum Gasteiger partial charge on any atom is 0.129 e. The highest BCUT2D eigenvalue weighted by molar-refractivity contribution is 7.80. The van der Waals surface area contributed by atoms with E-state index in [1.54, 1.807) is 12.1 Å². The third-order valence-corrected chi connectivity index (χ3v) is 4.04. The SMILES string of the molecule is NC(=S)C1CCCN(Cc2c(F)cccc2Cl)C1. The van der Waals surface area contributed by atoms with Crippen molar-refractivity contribution in [1.29, 1.82) is 0 Å². The number of thiocarbonyl (C=S) groups is 1. The van der Waals surface area contributed by atoms with E-state index in [4.69, 9.17) is 29.6 Å². The third-order valence-electron chi connectivity index (χ3n) is 3.35. The molecule has 1 unspecified atom stereocenters. The topological polar surface area (TPSA) is 29.3 Å². The van der Waals surface area contributed by atoms with Crippen molar-refractivity contribution in [2.24, 2.45) is 11.7 Å². The summed E-state index contributed by atoms with van der Waals surface area (Å²) in [6.45, 7) is 2.24. The van der Waals surface area contributed by atoms with Gasteiger partial charge in [-0.3, -0.25) is 4.90 Å². The monoisotopic (exact) mass is 286 g/mol. The van der Waals surface area contributed by atoms with Gasteiger partial charge in [-0.1, -0.05) is 29.9 Å². The lowest BCUT2D eigenvalue weighted by atomic mass is 9.97. The lowest BCUT2D eigenvalue weighted by Crippen LogP contribution is -2.40. The van der Waals surface area contributed by atoms with Crippen LogP contribution in [0, 0.1) is 11.7 Å². The van der Waals surface area contributed by atoms with E-state index in [1.165, 1.54) is 6.07 Å². The Kier molecular flexibility index (Phi) is 4.54. The first kappa shape index (κ1) is 13.7. The summed E-state index contributed by atoms with van der Waals surface area (Å²) >= 11 is 11.1. The number of hydrogen-bond acceptors (Lipinski definition) is 2. The molecule has 2 N–H and O–H groups in total. The Bertz CT molecular complexity index is 432. The van der Waals surface area contributed by atoms with Crippen molar-refractivity contribution in [3.63, 3.8) is 0 Å². The van der Waals surface area contributed by atoms with Gasteiger partial charge in [0.2, 0.25) is 0 Å². The zero-order chi connectivity index (χ0) is 13.1. The van der Waals surface area contributed by atoms with Gasteiger partial charge in [-0.2, -0.15) is 0 Å². The fourth-order valence-electron chi connectivity index (χ4n) is 2.34. The first-order valence-corrected chi connectivity index (χ1v) is 6.81. The zero-order valence-corrected chi connectivity index (χ0v) is 11.6. The van der Waals surface area contributed by atoms with Gasteiger partial charge in [0.25, 0.3) is 0 Å². The summed E-state index contributed by atoms with van der Waals surface area (Å²) in [7, 11) is 0. The van der Waals surface area contributed by atoms with E-state index in [0.717, 1.165) is 25.9 Å². The first-order chi connectivity index (χ1) is 8.58. The third kappa shape index (κ3) is 3.19. The average molecular weight is 287 g/mol. The predicted octanol–water partition coefficient (Wildman–Crippen LogP) is 2.98. The second-order valence-electron chi connectivity index (χ2n) is 4.68.